The van der Waals surface area contributed by atoms with Crippen LogP contribution in [0.5, 0.6) is 5.88 Å². The fourth-order valence-corrected chi connectivity index (χ4v) is 2.29. The first-order valence-electron chi connectivity index (χ1n) is 7.58. The number of ether oxygens (including phenoxy) is 1. The monoisotopic (exact) mass is 404 g/mol. The van der Waals surface area contributed by atoms with Gasteiger partial charge >= 0.3 is 6.18 Å². The summed E-state index contributed by atoms with van der Waals surface area (Å²) in [7, 11) is 0. The largest absolute Gasteiger partial charge is 0.460 e. The molecule has 0 aliphatic heterocycles. The number of amides is 1. The van der Waals surface area contributed by atoms with Crippen molar-refractivity contribution in [3.05, 3.63) is 29.8 Å². The van der Waals surface area contributed by atoms with Crippen molar-refractivity contribution in [2.45, 2.75) is 37.3 Å². The average molecular weight is 404 g/mol. The summed E-state index contributed by atoms with van der Waals surface area (Å²) in [4.78, 5) is 22.5. The number of pyridine rings is 1. The van der Waals surface area contributed by atoms with E-state index in [1.807, 2.05) is 0 Å². The molecule has 2 rings (SSSR count). The highest BCUT2D eigenvalue weighted by atomic mass is 32.2. The number of hydrogen-bond donors (Lipinski definition) is 1. The second kappa shape index (κ2) is 8.07. The molecule has 0 unspecified atom stereocenters. The van der Waals surface area contributed by atoms with Crippen LogP contribution in [0.2, 0.25) is 0 Å². The second-order valence-electron chi connectivity index (χ2n) is 5.85. The van der Waals surface area contributed by atoms with Crippen molar-refractivity contribution in [3.63, 3.8) is 0 Å². The molecule has 2 heterocycles. The lowest BCUT2D eigenvalue weighted by Crippen LogP contribution is -2.45. The van der Waals surface area contributed by atoms with Crippen LogP contribution in [-0.2, 0) is 11.3 Å². The maximum Gasteiger partial charge on any atom is 0.427 e. The minimum Gasteiger partial charge on any atom is -0.460 e. The number of halogens is 4. The summed E-state index contributed by atoms with van der Waals surface area (Å²) < 4.78 is 57.7. The smallest absolute Gasteiger partial charge is 0.427 e. The Morgan fingerprint density at radius 3 is 2.52 bits per heavy atom. The van der Waals surface area contributed by atoms with Crippen molar-refractivity contribution < 1.29 is 27.1 Å². The Balaban J connectivity index is 2.36. The van der Waals surface area contributed by atoms with Crippen LogP contribution >= 0.6 is 11.8 Å². The van der Waals surface area contributed by atoms with Crippen molar-refractivity contribution in [2.75, 3.05) is 6.26 Å². The van der Waals surface area contributed by atoms with Gasteiger partial charge in [0.05, 0.1) is 17.9 Å². The minimum absolute atomic E-state index is 0.142. The van der Waals surface area contributed by atoms with Crippen LogP contribution in [0.25, 0.3) is 11.3 Å². The Hall–Kier alpha value is -2.43. The van der Waals surface area contributed by atoms with E-state index in [9.17, 15) is 22.4 Å². The van der Waals surface area contributed by atoms with E-state index in [1.54, 1.807) is 6.26 Å². The van der Waals surface area contributed by atoms with Gasteiger partial charge in [-0.25, -0.2) is 19.3 Å². The Labute approximate surface area is 156 Å². The van der Waals surface area contributed by atoms with Crippen molar-refractivity contribution in [2.24, 2.45) is 0 Å². The molecule has 6 nitrogen and oxygen atoms in total. The molecule has 0 aliphatic carbocycles. The van der Waals surface area contributed by atoms with Gasteiger partial charge in [0, 0.05) is 11.8 Å². The molecule has 146 valence electrons. The normalized spacial score (nSPS) is 12.0. The van der Waals surface area contributed by atoms with Gasteiger partial charge in [0.15, 0.2) is 16.6 Å². The molecular formula is C16H16F4N4O2S. The van der Waals surface area contributed by atoms with Gasteiger partial charge in [0.25, 0.3) is 5.88 Å². The summed E-state index contributed by atoms with van der Waals surface area (Å²) >= 11 is 1.24. The number of hydrogen-bond acceptors (Lipinski definition) is 6. The van der Waals surface area contributed by atoms with Crippen molar-refractivity contribution in [1.82, 2.24) is 20.3 Å². The third kappa shape index (κ3) is 5.06. The van der Waals surface area contributed by atoms with Crippen LogP contribution in [-0.4, -0.2) is 39.4 Å². The zero-order chi connectivity index (χ0) is 20.2. The molecule has 1 N–H and O–H groups in total. The van der Waals surface area contributed by atoms with Gasteiger partial charge in [0.2, 0.25) is 6.41 Å². The van der Waals surface area contributed by atoms with Crippen LogP contribution in [0.3, 0.4) is 0 Å². The number of carbonyl (C=O) groups is 1. The van der Waals surface area contributed by atoms with Crippen LogP contribution in [0.1, 0.15) is 19.5 Å². The zero-order valence-electron chi connectivity index (χ0n) is 14.6. The first-order valence-corrected chi connectivity index (χ1v) is 8.80. The SMILES string of the molecule is CSc1nc(CNC=O)cc(-c2cnc(OC(C)(C)C(F)(F)F)c(F)c2)n1. The molecule has 0 aromatic carbocycles. The van der Waals surface area contributed by atoms with Gasteiger partial charge in [-0.05, 0) is 32.2 Å². The molecule has 0 bridgehead atoms. The average Bonchev–Trinajstić information content (AvgIpc) is 2.60. The highest BCUT2D eigenvalue weighted by Crippen LogP contribution is 2.35. The van der Waals surface area contributed by atoms with E-state index in [0.717, 1.165) is 26.1 Å². The molecule has 0 saturated heterocycles. The highest BCUT2D eigenvalue weighted by molar-refractivity contribution is 7.98. The summed E-state index contributed by atoms with van der Waals surface area (Å²) in [5.41, 5.74) is -1.58. The molecule has 0 fully saturated rings. The lowest BCUT2D eigenvalue weighted by Gasteiger charge is -2.28. The summed E-state index contributed by atoms with van der Waals surface area (Å²) in [6.07, 6.45) is -1.28. The maximum absolute atomic E-state index is 14.3. The fourth-order valence-electron chi connectivity index (χ4n) is 1.89. The van der Waals surface area contributed by atoms with E-state index in [1.165, 1.54) is 17.8 Å². The first kappa shape index (κ1) is 20.9. The molecule has 0 saturated carbocycles. The standard InChI is InChI=1S/C16H16F4N4O2S/c1-15(2,16(18,19)20)26-13-11(17)4-9(6-22-13)12-5-10(7-21-8-25)23-14(24-12)27-3/h4-6,8H,7H2,1-3H3,(H,21,25). The van der Waals surface area contributed by atoms with Gasteiger partial charge < -0.3 is 10.1 Å². The van der Waals surface area contributed by atoms with Crippen LogP contribution in [0, 0.1) is 5.82 Å². The number of rotatable bonds is 7. The van der Waals surface area contributed by atoms with Crippen LogP contribution in [0.4, 0.5) is 17.6 Å². The molecule has 0 radical (unpaired) electrons. The van der Waals surface area contributed by atoms with Crippen LogP contribution in [0.15, 0.2) is 23.5 Å². The Bertz CT molecular complexity index is 831. The van der Waals surface area contributed by atoms with E-state index >= 15 is 0 Å². The van der Waals surface area contributed by atoms with Crippen molar-refractivity contribution >= 4 is 18.2 Å². The molecule has 2 aromatic rings. The highest BCUT2D eigenvalue weighted by Gasteiger charge is 2.50. The molecule has 1 amide bonds. The Kier molecular flexibility index (Phi) is 6.24. The predicted octanol–water partition coefficient (Wildman–Crippen LogP) is 3.37. The zero-order valence-corrected chi connectivity index (χ0v) is 15.4. The topological polar surface area (TPSA) is 77.0 Å². The van der Waals surface area contributed by atoms with E-state index in [4.69, 9.17) is 4.74 Å². The number of alkyl halides is 3. The Morgan fingerprint density at radius 1 is 1.26 bits per heavy atom. The fraction of sp³-hybridized carbons (Fsp3) is 0.375. The molecular weight excluding hydrogens is 388 g/mol. The van der Waals surface area contributed by atoms with E-state index in [-0.39, 0.29) is 12.1 Å². The van der Waals surface area contributed by atoms with Gasteiger partial charge in [-0.15, -0.1) is 0 Å². The second-order valence-corrected chi connectivity index (χ2v) is 6.62. The minimum atomic E-state index is -4.69. The van der Waals surface area contributed by atoms with E-state index in [0.29, 0.717) is 23.0 Å². The third-order valence-corrected chi connectivity index (χ3v) is 3.99. The number of thioether (sulfide) groups is 1. The predicted molar refractivity (Wildman–Crippen MR) is 90.7 cm³/mol. The third-order valence-electron chi connectivity index (χ3n) is 3.45. The summed E-state index contributed by atoms with van der Waals surface area (Å²) in [6.45, 7) is 1.70. The number of nitrogens with one attached hydrogen (secondary N) is 1. The van der Waals surface area contributed by atoms with E-state index < -0.39 is 23.5 Å². The number of aromatic nitrogens is 3. The van der Waals surface area contributed by atoms with Crippen LogP contribution < -0.4 is 10.1 Å². The molecule has 0 atom stereocenters. The summed E-state index contributed by atoms with van der Waals surface area (Å²) in [5.74, 6) is -1.82. The van der Waals surface area contributed by atoms with Crippen molar-refractivity contribution in [3.8, 4) is 17.1 Å². The summed E-state index contributed by atoms with van der Waals surface area (Å²) in [6, 6.07) is 2.50. The first-order chi connectivity index (χ1) is 12.6. The lowest BCUT2D eigenvalue weighted by atomic mass is 10.1. The molecule has 0 aliphatic rings. The molecule has 0 spiro atoms. The van der Waals surface area contributed by atoms with Gasteiger partial charge in [-0.1, -0.05) is 11.8 Å². The van der Waals surface area contributed by atoms with Gasteiger partial charge in [0.1, 0.15) is 0 Å². The number of carbonyl (C=O) groups excluding carboxylic acids is 1. The van der Waals surface area contributed by atoms with Crippen molar-refractivity contribution in [1.29, 1.82) is 0 Å². The molecule has 2 aromatic heterocycles. The maximum atomic E-state index is 14.3. The quantitative estimate of drug-likeness (QED) is 0.330. The van der Waals surface area contributed by atoms with Gasteiger partial charge in [-0.2, -0.15) is 13.2 Å². The summed E-state index contributed by atoms with van der Waals surface area (Å²) in [5, 5.41) is 2.84. The van der Waals surface area contributed by atoms with E-state index in [2.05, 4.69) is 20.3 Å². The van der Waals surface area contributed by atoms with Gasteiger partial charge in [-0.3, -0.25) is 4.79 Å². The lowest BCUT2D eigenvalue weighted by molar-refractivity contribution is -0.235. The molecule has 11 heteroatoms. The Morgan fingerprint density at radius 2 is 1.96 bits per heavy atom. The molecule has 27 heavy (non-hydrogen) atoms. The number of nitrogens with zero attached hydrogens (tertiary/aromatic N) is 3.